The molecule has 1 atom stereocenters. The first kappa shape index (κ1) is 15.5. The van der Waals surface area contributed by atoms with Gasteiger partial charge in [0.2, 0.25) is 0 Å². The molecule has 5 heteroatoms. The Labute approximate surface area is 125 Å². The molecule has 1 aliphatic rings. The van der Waals surface area contributed by atoms with Gasteiger partial charge in [0, 0.05) is 44.4 Å². The van der Waals surface area contributed by atoms with E-state index in [0.29, 0.717) is 11.1 Å². The van der Waals surface area contributed by atoms with Gasteiger partial charge in [-0.25, -0.2) is 0 Å². The molecule has 0 aromatic heterocycles. The SMILES string of the molecule is CNCC1CCCN1C(=O)c1cccc(C(=O)N(C)C)c1. The second kappa shape index (κ2) is 6.72. The van der Waals surface area contributed by atoms with Crippen molar-refractivity contribution in [2.45, 2.75) is 18.9 Å². The van der Waals surface area contributed by atoms with Crippen molar-refractivity contribution in [2.24, 2.45) is 0 Å². The lowest BCUT2D eigenvalue weighted by molar-refractivity contribution is 0.0737. The van der Waals surface area contributed by atoms with Crippen LogP contribution < -0.4 is 5.32 Å². The Morgan fingerprint density at radius 2 is 2.05 bits per heavy atom. The van der Waals surface area contributed by atoms with Crippen LogP contribution in [-0.2, 0) is 0 Å². The highest BCUT2D eigenvalue weighted by Crippen LogP contribution is 2.20. The molecule has 1 fully saturated rings. The summed E-state index contributed by atoms with van der Waals surface area (Å²) in [4.78, 5) is 28.1. The average Bonchev–Trinajstić information content (AvgIpc) is 2.94. The van der Waals surface area contributed by atoms with Crippen molar-refractivity contribution in [3.63, 3.8) is 0 Å². The highest BCUT2D eigenvalue weighted by atomic mass is 16.2. The van der Waals surface area contributed by atoms with Crippen LogP contribution in [0.5, 0.6) is 0 Å². The third kappa shape index (κ3) is 3.42. The van der Waals surface area contributed by atoms with E-state index in [2.05, 4.69) is 5.32 Å². The first-order valence-electron chi connectivity index (χ1n) is 7.32. The molecule has 0 saturated carbocycles. The maximum Gasteiger partial charge on any atom is 0.254 e. The monoisotopic (exact) mass is 289 g/mol. The molecule has 0 spiro atoms. The summed E-state index contributed by atoms with van der Waals surface area (Å²) in [6.07, 6.45) is 2.07. The Balaban J connectivity index is 2.19. The molecule has 1 N–H and O–H groups in total. The van der Waals surface area contributed by atoms with Crippen LogP contribution >= 0.6 is 0 Å². The van der Waals surface area contributed by atoms with Crippen LogP contribution in [0.15, 0.2) is 24.3 Å². The Morgan fingerprint density at radius 3 is 2.71 bits per heavy atom. The summed E-state index contributed by atoms with van der Waals surface area (Å²) in [5.41, 5.74) is 1.14. The fourth-order valence-corrected chi connectivity index (χ4v) is 2.76. The van der Waals surface area contributed by atoms with Gasteiger partial charge in [0.1, 0.15) is 0 Å². The molecule has 21 heavy (non-hydrogen) atoms. The molecule has 0 aliphatic carbocycles. The highest BCUT2D eigenvalue weighted by Gasteiger charge is 2.29. The van der Waals surface area contributed by atoms with Crippen LogP contribution in [0.3, 0.4) is 0 Å². The van der Waals surface area contributed by atoms with Crippen molar-refractivity contribution < 1.29 is 9.59 Å². The molecule has 5 nitrogen and oxygen atoms in total. The highest BCUT2D eigenvalue weighted by molar-refractivity contribution is 5.99. The van der Waals surface area contributed by atoms with Gasteiger partial charge < -0.3 is 15.1 Å². The van der Waals surface area contributed by atoms with Crippen molar-refractivity contribution in [2.75, 3.05) is 34.2 Å². The summed E-state index contributed by atoms with van der Waals surface area (Å²) >= 11 is 0. The van der Waals surface area contributed by atoms with Gasteiger partial charge >= 0.3 is 0 Å². The normalized spacial score (nSPS) is 17.9. The van der Waals surface area contributed by atoms with Crippen LogP contribution in [-0.4, -0.2) is 61.9 Å². The number of likely N-dealkylation sites (tertiary alicyclic amines) is 1. The van der Waals surface area contributed by atoms with Gasteiger partial charge in [-0.1, -0.05) is 6.07 Å². The predicted octanol–water partition coefficient (Wildman–Crippen LogP) is 1.21. The van der Waals surface area contributed by atoms with E-state index in [1.165, 1.54) is 4.90 Å². The van der Waals surface area contributed by atoms with E-state index in [9.17, 15) is 9.59 Å². The van der Waals surface area contributed by atoms with E-state index in [4.69, 9.17) is 0 Å². The van der Waals surface area contributed by atoms with Crippen molar-refractivity contribution in [3.05, 3.63) is 35.4 Å². The van der Waals surface area contributed by atoms with E-state index in [-0.39, 0.29) is 17.9 Å². The minimum absolute atomic E-state index is 0.0150. The molecule has 2 amide bonds. The van der Waals surface area contributed by atoms with Gasteiger partial charge in [0.15, 0.2) is 0 Å². The Bertz CT molecular complexity index is 528. The minimum atomic E-state index is -0.0853. The summed E-state index contributed by atoms with van der Waals surface area (Å²) in [5, 5.41) is 3.14. The molecule has 0 radical (unpaired) electrons. The fourth-order valence-electron chi connectivity index (χ4n) is 2.76. The topological polar surface area (TPSA) is 52.7 Å². The number of carbonyl (C=O) groups excluding carboxylic acids is 2. The third-order valence-corrected chi connectivity index (χ3v) is 3.84. The number of hydrogen-bond donors (Lipinski definition) is 1. The minimum Gasteiger partial charge on any atom is -0.345 e. The number of nitrogens with one attached hydrogen (secondary N) is 1. The van der Waals surface area contributed by atoms with Gasteiger partial charge in [-0.2, -0.15) is 0 Å². The fraction of sp³-hybridized carbons (Fsp3) is 0.500. The third-order valence-electron chi connectivity index (χ3n) is 3.84. The summed E-state index contributed by atoms with van der Waals surface area (Å²) < 4.78 is 0. The lowest BCUT2D eigenvalue weighted by Crippen LogP contribution is -2.40. The zero-order valence-corrected chi connectivity index (χ0v) is 12.9. The molecule has 2 rings (SSSR count). The number of hydrogen-bond acceptors (Lipinski definition) is 3. The Hall–Kier alpha value is -1.88. The molecular weight excluding hydrogens is 266 g/mol. The maximum absolute atomic E-state index is 12.7. The lowest BCUT2D eigenvalue weighted by atomic mass is 10.1. The van der Waals surface area contributed by atoms with E-state index >= 15 is 0 Å². The van der Waals surface area contributed by atoms with Gasteiger partial charge in [-0.3, -0.25) is 9.59 Å². The maximum atomic E-state index is 12.7. The number of nitrogens with zero attached hydrogens (tertiary/aromatic N) is 2. The van der Waals surface area contributed by atoms with E-state index < -0.39 is 0 Å². The molecule has 1 saturated heterocycles. The second-order valence-electron chi connectivity index (χ2n) is 5.63. The molecule has 1 heterocycles. The van der Waals surface area contributed by atoms with E-state index in [1.807, 2.05) is 11.9 Å². The van der Waals surface area contributed by atoms with E-state index in [0.717, 1.165) is 25.9 Å². The van der Waals surface area contributed by atoms with Crippen molar-refractivity contribution in [1.29, 1.82) is 0 Å². The van der Waals surface area contributed by atoms with Crippen LogP contribution in [0.4, 0.5) is 0 Å². The zero-order valence-electron chi connectivity index (χ0n) is 12.9. The quantitative estimate of drug-likeness (QED) is 0.906. The van der Waals surface area contributed by atoms with Crippen LogP contribution in [0.1, 0.15) is 33.6 Å². The smallest absolute Gasteiger partial charge is 0.254 e. The molecule has 1 aromatic carbocycles. The molecule has 1 unspecified atom stereocenters. The van der Waals surface area contributed by atoms with Gasteiger partial charge in [-0.15, -0.1) is 0 Å². The van der Waals surface area contributed by atoms with Crippen LogP contribution in [0.2, 0.25) is 0 Å². The lowest BCUT2D eigenvalue weighted by Gasteiger charge is -2.24. The molecule has 0 bridgehead atoms. The first-order chi connectivity index (χ1) is 10.0. The largest absolute Gasteiger partial charge is 0.345 e. The molecule has 1 aromatic rings. The summed E-state index contributed by atoms with van der Waals surface area (Å²) in [7, 11) is 5.32. The zero-order chi connectivity index (χ0) is 15.4. The molecular formula is C16H23N3O2. The standard InChI is InChI=1S/C16H23N3O2/c1-17-11-14-8-5-9-19(14)16(21)13-7-4-6-12(10-13)15(20)18(2)3/h4,6-7,10,14,17H,5,8-9,11H2,1-3H3. The van der Waals surface area contributed by atoms with Crippen LogP contribution in [0, 0.1) is 0 Å². The van der Waals surface area contributed by atoms with Crippen molar-refractivity contribution in [3.8, 4) is 0 Å². The van der Waals surface area contributed by atoms with Crippen LogP contribution in [0.25, 0.3) is 0 Å². The van der Waals surface area contributed by atoms with Crippen molar-refractivity contribution in [1.82, 2.24) is 15.1 Å². The summed E-state index contributed by atoms with van der Waals surface area (Å²) in [6.45, 7) is 1.60. The average molecular weight is 289 g/mol. The number of amides is 2. The summed E-state index contributed by atoms with van der Waals surface area (Å²) in [6, 6.07) is 7.24. The predicted molar refractivity (Wildman–Crippen MR) is 82.4 cm³/mol. The second-order valence-corrected chi connectivity index (χ2v) is 5.63. The number of rotatable bonds is 4. The molecule has 1 aliphatic heterocycles. The molecule has 114 valence electrons. The Morgan fingerprint density at radius 1 is 1.33 bits per heavy atom. The van der Waals surface area contributed by atoms with Gasteiger partial charge in [0.05, 0.1) is 0 Å². The van der Waals surface area contributed by atoms with Gasteiger partial charge in [0.25, 0.3) is 11.8 Å². The van der Waals surface area contributed by atoms with Crippen molar-refractivity contribution >= 4 is 11.8 Å². The Kier molecular flexibility index (Phi) is 4.96. The van der Waals surface area contributed by atoms with Gasteiger partial charge in [-0.05, 0) is 38.1 Å². The number of likely N-dealkylation sites (N-methyl/N-ethyl adjacent to an activating group) is 1. The number of carbonyl (C=O) groups is 2. The van der Waals surface area contributed by atoms with E-state index in [1.54, 1.807) is 38.4 Å². The first-order valence-corrected chi connectivity index (χ1v) is 7.32. The summed E-state index contributed by atoms with van der Waals surface area (Å²) in [5.74, 6) is -0.0704. The number of benzene rings is 1.